The van der Waals surface area contributed by atoms with Crippen LogP contribution in [0, 0.1) is 0 Å². The molecule has 6 nitrogen and oxygen atoms in total. The van der Waals surface area contributed by atoms with E-state index in [-0.39, 0.29) is 16.8 Å². The number of benzene rings is 1. The monoisotopic (exact) mass is 453 g/mol. The average Bonchev–Trinajstić information content (AvgIpc) is 3.07. The van der Waals surface area contributed by atoms with E-state index in [0.717, 1.165) is 5.56 Å². The van der Waals surface area contributed by atoms with Gasteiger partial charge in [-0.1, -0.05) is 52.6 Å². The van der Waals surface area contributed by atoms with E-state index in [0.29, 0.717) is 33.3 Å². The molecule has 0 aliphatic heterocycles. The van der Waals surface area contributed by atoms with Crippen LogP contribution in [-0.4, -0.2) is 31.4 Å². The van der Waals surface area contributed by atoms with Crippen molar-refractivity contribution in [1.82, 2.24) is 19.7 Å². The van der Waals surface area contributed by atoms with Gasteiger partial charge >= 0.3 is 0 Å². The topological polar surface area (TPSA) is 72.7 Å². The van der Waals surface area contributed by atoms with Crippen LogP contribution in [0.4, 0.5) is 5.69 Å². The van der Waals surface area contributed by atoms with E-state index < -0.39 is 0 Å². The van der Waals surface area contributed by atoms with Gasteiger partial charge in [-0.25, -0.2) is 4.98 Å². The maximum Gasteiger partial charge on any atom is 0.234 e. The quantitative estimate of drug-likeness (QED) is 0.301. The Hall–Kier alpha value is -2.06. The van der Waals surface area contributed by atoms with Gasteiger partial charge < -0.3 is 5.32 Å². The second-order valence-corrected chi connectivity index (χ2v) is 7.63. The van der Waals surface area contributed by atoms with Crippen molar-refractivity contribution in [3.8, 4) is 11.4 Å². The number of hydrogen-bond acceptors (Lipinski definition) is 5. The lowest BCUT2D eigenvalue weighted by Crippen LogP contribution is -2.15. The molecule has 0 atom stereocenters. The summed E-state index contributed by atoms with van der Waals surface area (Å²) >= 11 is 19.3. The number of amides is 1. The molecule has 3 rings (SSSR count). The number of aromatic nitrogens is 4. The van der Waals surface area contributed by atoms with Crippen LogP contribution in [-0.2, 0) is 11.3 Å². The lowest BCUT2D eigenvalue weighted by molar-refractivity contribution is -0.113. The van der Waals surface area contributed by atoms with Gasteiger partial charge in [0.1, 0.15) is 0 Å². The minimum atomic E-state index is -0.232. The van der Waals surface area contributed by atoms with Gasteiger partial charge in [0.2, 0.25) is 5.91 Å². The Morgan fingerprint density at radius 3 is 2.75 bits per heavy atom. The summed E-state index contributed by atoms with van der Waals surface area (Å²) in [5, 5.41) is 12.8. The number of nitrogens with zero attached hydrogens (tertiary/aromatic N) is 4. The normalized spacial score (nSPS) is 10.7. The summed E-state index contributed by atoms with van der Waals surface area (Å²) in [6, 6.07) is 8.60. The van der Waals surface area contributed by atoms with Crippen LogP contribution < -0.4 is 5.32 Å². The molecule has 0 unspecified atom stereocenters. The van der Waals surface area contributed by atoms with E-state index in [2.05, 4.69) is 27.1 Å². The number of nitrogens with one attached hydrogen (secondary N) is 1. The summed E-state index contributed by atoms with van der Waals surface area (Å²) in [6.07, 6.45) is 3.28. The van der Waals surface area contributed by atoms with Gasteiger partial charge in [0, 0.05) is 18.3 Å². The van der Waals surface area contributed by atoms with Crippen molar-refractivity contribution >= 4 is 58.2 Å². The van der Waals surface area contributed by atoms with Crippen LogP contribution in [0.5, 0.6) is 0 Å². The zero-order valence-corrected chi connectivity index (χ0v) is 17.5. The fourth-order valence-corrected chi connectivity index (χ4v) is 3.55. The maximum absolute atomic E-state index is 12.2. The Morgan fingerprint density at radius 2 is 2.04 bits per heavy atom. The molecule has 1 amide bonds. The lowest BCUT2D eigenvalue weighted by atomic mass is 10.2. The van der Waals surface area contributed by atoms with E-state index in [4.69, 9.17) is 34.8 Å². The first-order valence-electron chi connectivity index (χ1n) is 8.02. The van der Waals surface area contributed by atoms with Gasteiger partial charge in [-0.15, -0.1) is 16.8 Å². The number of rotatable bonds is 7. The summed E-state index contributed by atoms with van der Waals surface area (Å²) < 4.78 is 1.85. The van der Waals surface area contributed by atoms with Crippen molar-refractivity contribution in [2.45, 2.75) is 11.7 Å². The highest BCUT2D eigenvalue weighted by atomic mass is 35.5. The molecule has 2 heterocycles. The molecule has 3 aromatic rings. The summed E-state index contributed by atoms with van der Waals surface area (Å²) in [5.74, 6) is 0.503. The number of thioether (sulfide) groups is 1. The number of hydrogen-bond donors (Lipinski definition) is 1. The van der Waals surface area contributed by atoms with E-state index in [1.165, 1.54) is 11.8 Å². The summed E-state index contributed by atoms with van der Waals surface area (Å²) in [7, 11) is 0. The molecule has 10 heteroatoms. The number of halogens is 3. The lowest BCUT2D eigenvalue weighted by Gasteiger charge is -2.09. The third kappa shape index (κ3) is 4.86. The number of carbonyl (C=O) groups excluding carboxylic acids is 1. The first kappa shape index (κ1) is 20.7. The average molecular weight is 455 g/mol. The molecular formula is C18H14Cl3N5OS. The molecule has 0 fully saturated rings. The van der Waals surface area contributed by atoms with Crippen LogP contribution in [0.3, 0.4) is 0 Å². The SMILES string of the molecule is C=CCn1c(SCC(=O)Nc2cccnc2Cl)nnc1-c1ccc(Cl)c(Cl)c1. The summed E-state index contributed by atoms with van der Waals surface area (Å²) in [4.78, 5) is 16.2. The van der Waals surface area contributed by atoms with Gasteiger partial charge in [0.25, 0.3) is 0 Å². The fraction of sp³-hybridized carbons (Fsp3) is 0.111. The molecule has 1 N–H and O–H groups in total. The van der Waals surface area contributed by atoms with Crippen LogP contribution in [0.1, 0.15) is 0 Å². The van der Waals surface area contributed by atoms with Crippen molar-refractivity contribution in [3.05, 3.63) is 64.4 Å². The molecule has 0 aliphatic carbocycles. The van der Waals surface area contributed by atoms with Gasteiger partial charge in [0.15, 0.2) is 16.1 Å². The minimum Gasteiger partial charge on any atom is -0.323 e. The third-order valence-electron chi connectivity index (χ3n) is 3.57. The number of anilines is 1. The van der Waals surface area contributed by atoms with Crippen LogP contribution in [0.2, 0.25) is 15.2 Å². The molecule has 0 spiro atoms. The molecular weight excluding hydrogens is 441 g/mol. The molecule has 144 valence electrons. The van der Waals surface area contributed by atoms with Crippen molar-refractivity contribution < 1.29 is 4.79 Å². The van der Waals surface area contributed by atoms with E-state index in [1.54, 1.807) is 36.5 Å². The van der Waals surface area contributed by atoms with Gasteiger partial charge in [-0.3, -0.25) is 9.36 Å². The Bertz CT molecular complexity index is 1020. The zero-order chi connectivity index (χ0) is 20.1. The van der Waals surface area contributed by atoms with Gasteiger partial charge in [-0.05, 0) is 30.3 Å². The second kappa shape index (κ2) is 9.43. The molecule has 28 heavy (non-hydrogen) atoms. The Morgan fingerprint density at radius 1 is 1.21 bits per heavy atom. The smallest absolute Gasteiger partial charge is 0.234 e. The molecule has 1 aromatic carbocycles. The molecule has 0 aliphatic rings. The van der Waals surface area contributed by atoms with E-state index >= 15 is 0 Å². The molecule has 2 aromatic heterocycles. The van der Waals surface area contributed by atoms with Crippen molar-refractivity contribution in [3.63, 3.8) is 0 Å². The predicted octanol–water partition coefficient (Wildman–Crippen LogP) is 5.22. The molecule has 0 bridgehead atoms. The minimum absolute atomic E-state index is 0.127. The highest BCUT2D eigenvalue weighted by Gasteiger charge is 2.16. The highest BCUT2D eigenvalue weighted by molar-refractivity contribution is 7.99. The van der Waals surface area contributed by atoms with Crippen LogP contribution in [0.25, 0.3) is 11.4 Å². The molecule has 0 saturated carbocycles. The molecule has 0 saturated heterocycles. The predicted molar refractivity (Wildman–Crippen MR) is 114 cm³/mol. The van der Waals surface area contributed by atoms with Crippen molar-refractivity contribution in [2.24, 2.45) is 0 Å². The Balaban J connectivity index is 1.76. The largest absolute Gasteiger partial charge is 0.323 e. The van der Waals surface area contributed by atoms with Crippen LogP contribution in [0.15, 0.2) is 54.3 Å². The Kier molecular flexibility index (Phi) is 6.96. The van der Waals surface area contributed by atoms with E-state index in [1.807, 2.05) is 10.6 Å². The van der Waals surface area contributed by atoms with Crippen molar-refractivity contribution in [2.75, 3.05) is 11.1 Å². The van der Waals surface area contributed by atoms with Crippen LogP contribution >= 0.6 is 46.6 Å². The number of carbonyl (C=O) groups is 1. The van der Waals surface area contributed by atoms with Gasteiger partial charge in [-0.2, -0.15) is 0 Å². The zero-order valence-electron chi connectivity index (χ0n) is 14.4. The summed E-state index contributed by atoms with van der Waals surface area (Å²) in [5.41, 5.74) is 1.22. The molecule has 0 radical (unpaired) electrons. The second-order valence-electron chi connectivity index (χ2n) is 5.51. The van der Waals surface area contributed by atoms with Gasteiger partial charge in [0.05, 0.1) is 21.5 Å². The highest BCUT2D eigenvalue weighted by Crippen LogP contribution is 2.30. The Labute approximate surface area is 180 Å². The first-order chi connectivity index (χ1) is 13.5. The fourth-order valence-electron chi connectivity index (χ4n) is 2.33. The number of pyridine rings is 1. The van der Waals surface area contributed by atoms with Crippen molar-refractivity contribution in [1.29, 1.82) is 0 Å². The van der Waals surface area contributed by atoms with E-state index in [9.17, 15) is 4.79 Å². The summed E-state index contributed by atoms with van der Waals surface area (Å²) in [6.45, 7) is 4.24. The maximum atomic E-state index is 12.2. The number of allylic oxidation sites excluding steroid dienone is 1. The third-order valence-corrected chi connectivity index (χ3v) is 5.58. The standard InChI is InChI=1S/C18H14Cl3N5OS/c1-2-8-26-17(11-5-6-12(19)13(20)9-11)24-25-18(26)28-10-15(27)23-14-4-3-7-22-16(14)21/h2-7,9H,1,8,10H2,(H,23,27). The first-order valence-corrected chi connectivity index (χ1v) is 10.1.